The molecule has 21 heavy (non-hydrogen) atoms. The van der Waals surface area contributed by atoms with E-state index in [4.69, 9.17) is 0 Å². The first-order valence-electron chi connectivity index (χ1n) is 6.87. The van der Waals surface area contributed by atoms with E-state index in [2.05, 4.69) is 15.9 Å². The molecule has 3 rings (SSSR count). The summed E-state index contributed by atoms with van der Waals surface area (Å²) in [6, 6.07) is 1.58. The third-order valence-electron chi connectivity index (χ3n) is 4.79. The first-order chi connectivity index (χ1) is 9.58. The number of halogens is 5. The predicted molar refractivity (Wildman–Crippen MR) is 73.9 cm³/mol. The van der Waals surface area contributed by atoms with Crippen LogP contribution in [0.25, 0.3) is 0 Å². The molecular weight excluding hydrogens is 352 g/mol. The van der Waals surface area contributed by atoms with Crippen molar-refractivity contribution in [1.29, 1.82) is 0 Å². The molecule has 0 heterocycles. The van der Waals surface area contributed by atoms with E-state index in [-0.39, 0.29) is 15.5 Å². The summed E-state index contributed by atoms with van der Waals surface area (Å²) in [4.78, 5) is 0. The molecule has 0 radical (unpaired) electrons. The van der Waals surface area contributed by atoms with Crippen LogP contribution in [0.4, 0.5) is 17.6 Å². The minimum Gasteiger partial charge on any atom is -0.505 e. The van der Waals surface area contributed by atoms with Crippen LogP contribution < -0.4 is 0 Å². The fraction of sp³-hybridized carbons (Fsp3) is 0.600. The van der Waals surface area contributed by atoms with Gasteiger partial charge >= 0.3 is 6.18 Å². The van der Waals surface area contributed by atoms with Gasteiger partial charge in [0.1, 0.15) is 0 Å². The molecule has 2 fully saturated rings. The van der Waals surface area contributed by atoms with Gasteiger partial charge in [-0.25, -0.2) is 4.39 Å². The molecule has 1 aromatic carbocycles. The SMILES string of the molecule is CC1(c2cc(C3(CC(F)(F)F)CC3)c(O)c(F)c2Br)CC1. The highest BCUT2D eigenvalue weighted by molar-refractivity contribution is 9.10. The van der Waals surface area contributed by atoms with Crippen molar-refractivity contribution in [2.24, 2.45) is 0 Å². The molecule has 1 nitrogen and oxygen atoms in total. The second-order valence-electron chi connectivity index (χ2n) is 6.58. The van der Waals surface area contributed by atoms with Gasteiger partial charge in [-0.1, -0.05) is 6.92 Å². The maximum Gasteiger partial charge on any atom is 0.389 e. The second-order valence-corrected chi connectivity index (χ2v) is 7.37. The lowest BCUT2D eigenvalue weighted by molar-refractivity contribution is -0.141. The van der Waals surface area contributed by atoms with E-state index in [0.29, 0.717) is 18.4 Å². The summed E-state index contributed by atoms with van der Waals surface area (Å²) < 4.78 is 52.6. The fourth-order valence-corrected chi connectivity index (χ4v) is 3.77. The zero-order chi connectivity index (χ0) is 15.6. The molecule has 1 N–H and O–H groups in total. The molecule has 0 aromatic heterocycles. The summed E-state index contributed by atoms with van der Waals surface area (Å²) in [5.74, 6) is -1.49. The van der Waals surface area contributed by atoms with Gasteiger partial charge in [0.2, 0.25) is 0 Å². The number of rotatable bonds is 3. The number of aromatic hydroxyl groups is 1. The normalized spacial score (nSPS) is 22.2. The van der Waals surface area contributed by atoms with Gasteiger partial charge in [0.25, 0.3) is 0 Å². The summed E-state index contributed by atoms with van der Waals surface area (Å²) in [5.41, 5.74) is -0.565. The highest BCUT2D eigenvalue weighted by atomic mass is 79.9. The van der Waals surface area contributed by atoms with E-state index >= 15 is 0 Å². The van der Waals surface area contributed by atoms with Crippen molar-refractivity contribution in [3.8, 4) is 5.75 Å². The Morgan fingerprint density at radius 1 is 1.19 bits per heavy atom. The van der Waals surface area contributed by atoms with Gasteiger partial charge in [0.15, 0.2) is 11.6 Å². The predicted octanol–water partition coefficient (Wildman–Crippen LogP) is 5.33. The van der Waals surface area contributed by atoms with Crippen molar-refractivity contribution in [2.45, 2.75) is 56.0 Å². The van der Waals surface area contributed by atoms with Gasteiger partial charge in [-0.3, -0.25) is 0 Å². The van der Waals surface area contributed by atoms with Gasteiger partial charge in [-0.2, -0.15) is 13.2 Å². The number of alkyl halides is 3. The lowest BCUT2D eigenvalue weighted by Gasteiger charge is -2.23. The van der Waals surface area contributed by atoms with Crippen LogP contribution in [0, 0.1) is 5.82 Å². The minimum absolute atomic E-state index is 0.114. The van der Waals surface area contributed by atoms with Crippen LogP contribution in [-0.2, 0) is 10.8 Å². The van der Waals surface area contributed by atoms with Crippen LogP contribution in [-0.4, -0.2) is 11.3 Å². The molecule has 0 unspecified atom stereocenters. The Labute approximate surface area is 128 Å². The Hall–Kier alpha value is -0.780. The zero-order valence-corrected chi connectivity index (χ0v) is 13.0. The van der Waals surface area contributed by atoms with Crippen molar-refractivity contribution in [2.75, 3.05) is 0 Å². The van der Waals surface area contributed by atoms with Gasteiger partial charge < -0.3 is 5.11 Å². The van der Waals surface area contributed by atoms with E-state index in [1.165, 1.54) is 0 Å². The van der Waals surface area contributed by atoms with Crippen molar-refractivity contribution in [1.82, 2.24) is 0 Å². The summed E-state index contributed by atoms with van der Waals surface area (Å²) in [7, 11) is 0. The highest BCUT2D eigenvalue weighted by Crippen LogP contribution is 2.60. The number of hydrogen-bond acceptors (Lipinski definition) is 1. The smallest absolute Gasteiger partial charge is 0.389 e. The Morgan fingerprint density at radius 2 is 1.76 bits per heavy atom. The number of phenolic OH excluding ortho intramolecular Hbond substituents is 1. The highest BCUT2D eigenvalue weighted by Gasteiger charge is 2.54. The molecule has 0 amide bonds. The molecule has 0 spiro atoms. The Kier molecular flexibility index (Phi) is 3.15. The zero-order valence-electron chi connectivity index (χ0n) is 11.4. The van der Waals surface area contributed by atoms with Crippen molar-refractivity contribution >= 4 is 15.9 Å². The van der Waals surface area contributed by atoms with Crippen LogP contribution >= 0.6 is 15.9 Å². The van der Waals surface area contributed by atoms with Gasteiger partial charge in [0.05, 0.1) is 10.9 Å². The number of benzene rings is 1. The van der Waals surface area contributed by atoms with Crippen LogP contribution in [0.5, 0.6) is 5.75 Å². The van der Waals surface area contributed by atoms with Crippen molar-refractivity contribution < 1.29 is 22.7 Å². The Bertz CT molecular complexity index is 601. The van der Waals surface area contributed by atoms with Crippen molar-refractivity contribution in [3.05, 3.63) is 27.5 Å². The standard InChI is InChI=1S/C15H15BrF4O/c1-13(2-3-13)8-6-9(12(21)11(17)10(8)16)14(4-5-14)7-15(18,19)20/h6,21H,2-5,7H2,1H3. The third-order valence-corrected chi connectivity index (χ3v) is 5.57. The largest absolute Gasteiger partial charge is 0.505 e. The van der Waals surface area contributed by atoms with Crippen LogP contribution in [0.2, 0.25) is 0 Å². The Balaban J connectivity index is 2.09. The molecule has 6 heteroatoms. The molecule has 116 valence electrons. The van der Waals surface area contributed by atoms with Crippen LogP contribution in [0.1, 0.15) is 50.2 Å². The average molecular weight is 367 g/mol. The summed E-state index contributed by atoms with van der Waals surface area (Å²) >= 11 is 3.13. The van der Waals surface area contributed by atoms with Gasteiger partial charge in [0, 0.05) is 11.0 Å². The minimum atomic E-state index is -4.32. The maximum absolute atomic E-state index is 14.2. The first kappa shape index (κ1) is 15.1. The van der Waals surface area contributed by atoms with Crippen LogP contribution in [0.15, 0.2) is 10.5 Å². The number of phenols is 1. The average Bonchev–Trinajstić information content (AvgIpc) is 3.25. The van der Waals surface area contributed by atoms with Gasteiger partial charge in [-0.05, 0) is 58.7 Å². The fourth-order valence-electron chi connectivity index (χ4n) is 2.99. The summed E-state index contributed by atoms with van der Waals surface area (Å²) in [6.45, 7) is 1.96. The molecule has 2 saturated carbocycles. The third kappa shape index (κ3) is 2.56. The van der Waals surface area contributed by atoms with E-state index in [9.17, 15) is 22.7 Å². The van der Waals surface area contributed by atoms with Gasteiger partial charge in [-0.15, -0.1) is 0 Å². The van der Waals surface area contributed by atoms with E-state index in [0.717, 1.165) is 12.8 Å². The lowest BCUT2D eigenvalue weighted by Crippen LogP contribution is -2.20. The lowest BCUT2D eigenvalue weighted by atomic mass is 9.86. The topological polar surface area (TPSA) is 20.2 Å². The molecule has 0 bridgehead atoms. The summed E-state index contributed by atoms with van der Waals surface area (Å²) in [5, 5.41) is 9.99. The monoisotopic (exact) mass is 366 g/mol. The van der Waals surface area contributed by atoms with E-state index in [1.807, 2.05) is 6.92 Å². The molecule has 2 aliphatic rings. The number of hydrogen-bond donors (Lipinski definition) is 1. The molecule has 0 aliphatic heterocycles. The van der Waals surface area contributed by atoms with Crippen molar-refractivity contribution in [3.63, 3.8) is 0 Å². The Morgan fingerprint density at radius 3 is 2.19 bits per heavy atom. The summed E-state index contributed by atoms with van der Waals surface area (Å²) in [6.07, 6.45) is -2.92. The molecule has 0 saturated heterocycles. The molecule has 0 atom stereocenters. The van der Waals surface area contributed by atoms with E-state index in [1.54, 1.807) is 6.07 Å². The quantitative estimate of drug-likeness (QED) is 0.716. The molecule has 1 aromatic rings. The van der Waals surface area contributed by atoms with Crippen LogP contribution in [0.3, 0.4) is 0 Å². The molecule has 2 aliphatic carbocycles. The second kappa shape index (κ2) is 4.37. The molecular formula is C15H15BrF4O. The first-order valence-corrected chi connectivity index (χ1v) is 7.66. The van der Waals surface area contributed by atoms with E-state index < -0.39 is 29.6 Å². The maximum atomic E-state index is 14.2.